The summed E-state index contributed by atoms with van der Waals surface area (Å²) in [6.07, 6.45) is 3.94. The molecule has 168 valence electrons. The van der Waals surface area contributed by atoms with E-state index < -0.39 is 5.54 Å². The summed E-state index contributed by atoms with van der Waals surface area (Å²) >= 11 is 6.01. The van der Waals surface area contributed by atoms with Crippen LogP contribution >= 0.6 is 11.6 Å². The molecule has 5 rings (SSSR count). The zero-order valence-corrected chi connectivity index (χ0v) is 18.9. The van der Waals surface area contributed by atoms with Crippen LogP contribution in [0.15, 0.2) is 97.6 Å². The second kappa shape index (κ2) is 9.75. The monoisotopic (exact) mass is 460 g/mol. The van der Waals surface area contributed by atoms with Gasteiger partial charge >= 0.3 is 0 Å². The van der Waals surface area contributed by atoms with Crippen LogP contribution < -0.4 is 4.74 Å². The van der Waals surface area contributed by atoms with E-state index >= 15 is 0 Å². The number of aromatic nitrogens is 3. The number of rotatable bonds is 8. The first kappa shape index (κ1) is 21.6. The Morgan fingerprint density at radius 2 is 1.70 bits per heavy atom. The fourth-order valence-corrected chi connectivity index (χ4v) is 4.50. The van der Waals surface area contributed by atoms with Crippen molar-refractivity contribution in [1.82, 2.24) is 19.8 Å². The summed E-state index contributed by atoms with van der Waals surface area (Å²) in [5.74, 6) is 0.770. The molecule has 0 saturated carbocycles. The standard InChI is InChI=1S/C26H25ClN4O2/c27-23-11-13-24(14-12-23)32-17-25-15-26(18-30-20-28-19-29-30,22-9-5-2-6-10-22)31(33-25)16-21-7-3-1-4-8-21/h1-14,19-20,25H,15-18H2. The molecule has 0 amide bonds. The van der Waals surface area contributed by atoms with E-state index in [1.165, 1.54) is 11.1 Å². The third-order valence-corrected chi connectivity index (χ3v) is 6.19. The van der Waals surface area contributed by atoms with Gasteiger partial charge < -0.3 is 4.74 Å². The Bertz CT molecular complexity index is 1140. The first-order valence-corrected chi connectivity index (χ1v) is 11.3. The molecule has 33 heavy (non-hydrogen) atoms. The molecule has 2 atom stereocenters. The number of ether oxygens (including phenoxy) is 1. The van der Waals surface area contributed by atoms with Crippen LogP contribution in [0.4, 0.5) is 0 Å². The molecule has 1 aliphatic heterocycles. The lowest BCUT2D eigenvalue weighted by Crippen LogP contribution is -2.43. The van der Waals surface area contributed by atoms with Crippen LogP contribution in [0.1, 0.15) is 17.5 Å². The summed E-state index contributed by atoms with van der Waals surface area (Å²) in [6, 6.07) is 28.2. The average molecular weight is 461 g/mol. The van der Waals surface area contributed by atoms with Gasteiger partial charge in [0.05, 0.1) is 18.6 Å². The molecule has 3 aromatic carbocycles. The molecular weight excluding hydrogens is 436 g/mol. The van der Waals surface area contributed by atoms with E-state index in [0.29, 0.717) is 24.7 Å². The maximum Gasteiger partial charge on any atom is 0.137 e. The number of nitrogens with zero attached hydrogens (tertiary/aromatic N) is 4. The molecule has 6 nitrogen and oxygen atoms in total. The minimum Gasteiger partial charge on any atom is -0.491 e. The van der Waals surface area contributed by atoms with E-state index in [9.17, 15) is 0 Å². The molecule has 0 radical (unpaired) electrons. The summed E-state index contributed by atoms with van der Waals surface area (Å²) in [4.78, 5) is 10.7. The quantitative estimate of drug-likeness (QED) is 0.365. The van der Waals surface area contributed by atoms with Crippen molar-refractivity contribution < 1.29 is 9.57 Å². The highest BCUT2D eigenvalue weighted by Gasteiger charge is 2.49. The molecule has 1 aliphatic rings. The van der Waals surface area contributed by atoms with Crippen LogP contribution in [0.25, 0.3) is 0 Å². The molecule has 1 saturated heterocycles. The molecule has 2 heterocycles. The van der Waals surface area contributed by atoms with Gasteiger partial charge in [-0.05, 0) is 35.4 Å². The Morgan fingerprint density at radius 1 is 0.970 bits per heavy atom. The normalized spacial score (nSPS) is 20.7. The predicted molar refractivity (Wildman–Crippen MR) is 127 cm³/mol. The fraction of sp³-hybridized carbons (Fsp3) is 0.231. The van der Waals surface area contributed by atoms with Crippen molar-refractivity contribution in [1.29, 1.82) is 0 Å². The average Bonchev–Trinajstić information content (AvgIpc) is 3.49. The summed E-state index contributed by atoms with van der Waals surface area (Å²) in [5.41, 5.74) is 1.92. The number of hydrogen-bond acceptors (Lipinski definition) is 5. The summed E-state index contributed by atoms with van der Waals surface area (Å²) < 4.78 is 7.93. The molecule has 0 bridgehead atoms. The van der Waals surface area contributed by atoms with Crippen molar-refractivity contribution in [2.75, 3.05) is 6.61 Å². The van der Waals surface area contributed by atoms with Gasteiger partial charge in [-0.2, -0.15) is 10.2 Å². The largest absolute Gasteiger partial charge is 0.491 e. The Labute approximate surface area is 198 Å². The van der Waals surface area contributed by atoms with Crippen LogP contribution in [0.5, 0.6) is 5.75 Å². The maximum atomic E-state index is 6.55. The zero-order chi connectivity index (χ0) is 22.5. The minimum absolute atomic E-state index is 0.131. The van der Waals surface area contributed by atoms with Gasteiger partial charge in [0, 0.05) is 11.4 Å². The van der Waals surface area contributed by atoms with E-state index in [4.69, 9.17) is 21.2 Å². The molecule has 7 heteroatoms. The lowest BCUT2D eigenvalue weighted by Gasteiger charge is -2.36. The van der Waals surface area contributed by atoms with Crippen LogP contribution in [-0.4, -0.2) is 32.5 Å². The van der Waals surface area contributed by atoms with Crippen molar-refractivity contribution >= 4 is 11.6 Å². The van der Waals surface area contributed by atoms with Crippen molar-refractivity contribution in [3.63, 3.8) is 0 Å². The van der Waals surface area contributed by atoms with Gasteiger partial charge in [0.25, 0.3) is 0 Å². The molecule has 0 aliphatic carbocycles. The van der Waals surface area contributed by atoms with Crippen LogP contribution in [0, 0.1) is 0 Å². The molecule has 0 N–H and O–H groups in total. The Morgan fingerprint density at radius 3 is 2.39 bits per heavy atom. The molecule has 4 aromatic rings. The van der Waals surface area contributed by atoms with E-state index in [0.717, 1.165) is 12.2 Å². The lowest BCUT2D eigenvalue weighted by molar-refractivity contribution is -0.205. The van der Waals surface area contributed by atoms with Gasteiger partial charge in [-0.15, -0.1) is 0 Å². The minimum atomic E-state index is -0.432. The first-order valence-electron chi connectivity index (χ1n) is 11.0. The van der Waals surface area contributed by atoms with Gasteiger partial charge in [-0.25, -0.2) is 4.98 Å². The molecule has 1 aromatic heterocycles. The summed E-state index contributed by atoms with van der Waals surface area (Å²) in [6.45, 7) is 1.68. The highest BCUT2D eigenvalue weighted by Crippen LogP contribution is 2.43. The highest BCUT2D eigenvalue weighted by atomic mass is 35.5. The van der Waals surface area contributed by atoms with Gasteiger partial charge in [0.1, 0.15) is 31.1 Å². The predicted octanol–water partition coefficient (Wildman–Crippen LogP) is 5.11. The molecule has 1 fully saturated rings. The molecule has 2 unspecified atom stereocenters. The molecule has 0 spiro atoms. The Kier molecular flexibility index (Phi) is 6.39. The number of hydrogen-bond donors (Lipinski definition) is 0. The SMILES string of the molecule is Clc1ccc(OCC2CC(Cn3cncn3)(c3ccccc3)N(Cc3ccccc3)O2)cc1. The first-order chi connectivity index (χ1) is 16.2. The topological polar surface area (TPSA) is 52.4 Å². The summed E-state index contributed by atoms with van der Waals surface area (Å²) in [7, 11) is 0. The fourth-order valence-electron chi connectivity index (χ4n) is 4.37. The van der Waals surface area contributed by atoms with Crippen molar-refractivity contribution in [3.8, 4) is 5.75 Å². The van der Waals surface area contributed by atoms with E-state index in [1.807, 2.05) is 53.2 Å². The third kappa shape index (κ3) is 4.93. The number of benzene rings is 3. The summed E-state index contributed by atoms with van der Waals surface area (Å²) in [5, 5.41) is 7.18. The van der Waals surface area contributed by atoms with Crippen molar-refractivity contribution in [2.24, 2.45) is 0 Å². The smallest absolute Gasteiger partial charge is 0.137 e. The number of hydroxylamine groups is 2. The molecular formula is C26H25ClN4O2. The van der Waals surface area contributed by atoms with Gasteiger partial charge in [-0.3, -0.25) is 9.52 Å². The van der Waals surface area contributed by atoms with Gasteiger partial charge in [0.15, 0.2) is 0 Å². The Balaban J connectivity index is 1.46. The second-order valence-corrected chi connectivity index (χ2v) is 8.65. The lowest BCUT2D eigenvalue weighted by atomic mass is 9.84. The third-order valence-electron chi connectivity index (χ3n) is 5.94. The van der Waals surface area contributed by atoms with E-state index in [1.54, 1.807) is 12.7 Å². The van der Waals surface area contributed by atoms with E-state index in [2.05, 4.69) is 51.5 Å². The van der Waals surface area contributed by atoms with Crippen molar-refractivity contribution in [3.05, 3.63) is 114 Å². The van der Waals surface area contributed by atoms with Crippen LogP contribution in [-0.2, 0) is 23.5 Å². The maximum absolute atomic E-state index is 6.55. The van der Waals surface area contributed by atoms with Gasteiger partial charge in [0.2, 0.25) is 0 Å². The highest BCUT2D eigenvalue weighted by molar-refractivity contribution is 6.30. The van der Waals surface area contributed by atoms with Crippen LogP contribution in [0.2, 0.25) is 5.02 Å². The van der Waals surface area contributed by atoms with E-state index in [-0.39, 0.29) is 6.10 Å². The zero-order valence-electron chi connectivity index (χ0n) is 18.1. The Hall–Kier alpha value is -3.19. The van der Waals surface area contributed by atoms with Crippen LogP contribution in [0.3, 0.4) is 0 Å². The second-order valence-electron chi connectivity index (χ2n) is 8.21. The number of halogens is 1. The van der Waals surface area contributed by atoms with Gasteiger partial charge in [-0.1, -0.05) is 72.3 Å². The van der Waals surface area contributed by atoms with Crippen molar-refractivity contribution in [2.45, 2.75) is 31.2 Å².